The molecule has 1 aromatic carbocycles. The largest absolute Gasteiger partial charge is 0.290 e. The first-order valence-electron chi connectivity index (χ1n) is 9.57. The number of likely N-dealkylation sites (tertiary alicyclic amines) is 1. The molecule has 27 heavy (non-hydrogen) atoms. The second kappa shape index (κ2) is 7.84. The maximum absolute atomic E-state index is 12.9. The van der Waals surface area contributed by atoms with E-state index in [1.165, 1.54) is 4.90 Å². The SMILES string of the molecule is O=C(CN1C(=O)[C@@H]2CCCC[C@H]2C1=O)N1CCCSC1=Nc1ccccc1. The second-order valence-electron chi connectivity index (χ2n) is 7.24. The average molecular weight is 385 g/mol. The Kier molecular flexibility index (Phi) is 5.29. The lowest BCUT2D eigenvalue weighted by atomic mass is 9.81. The van der Waals surface area contributed by atoms with Crippen LogP contribution in [0.25, 0.3) is 0 Å². The third kappa shape index (κ3) is 3.65. The normalized spacial score (nSPS) is 27.2. The fourth-order valence-corrected chi connectivity index (χ4v) is 5.08. The van der Waals surface area contributed by atoms with Crippen molar-refractivity contribution in [3.8, 4) is 0 Å². The molecule has 0 spiro atoms. The van der Waals surface area contributed by atoms with Crippen LogP contribution in [0, 0.1) is 11.8 Å². The molecule has 1 saturated carbocycles. The van der Waals surface area contributed by atoms with Gasteiger partial charge in [0.1, 0.15) is 6.54 Å². The van der Waals surface area contributed by atoms with Crippen LogP contribution in [0.1, 0.15) is 32.1 Å². The zero-order valence-electron chi connectivity index (χ0n) is 15.2. The van der Waals surface area contributed by atoms with Gasteiger partial charge < -0.3 is 0 Å². The molecule has 3 aliphatic rings. The van der Waals surface area contributed by atoms with Crippen molar-refractivity contribution in [2.75, 3.05) is 18.8 Å². The minimum absolute atomic E-state index is 0.163. The molecule has 142 valence electrons. The van der Waals surface area contributed by atoms with Gasteiger partial charge in [-0.1, -0.05) is 42.8 Å². The Balaban J connectivity index is 1.50. The summed E-state index contributed by atoms with van der Waals surface area (Å²) in [6.07, 6.45) is 4.37. The molecule has 3 fully saturated rings. The topological polar surface area (TPSA) is 70.1 Å². The number of thioether (sulfide) groups is 1. The first-order chi connectivity index (χ1) is 13.1. The number of rotatable bonds is 3. The molecule has 1 aromatic rings. The molecule has 0 unspecified atom stereocenters. The van der Waals surface area contributed by atoms with Gasteiger partial charge in [-0.3, -0.25) is 24.2 Å². The van der Waals surface area contributed by atoms with E-state index in [-0.39, 0.29) is 36.1 Å². The van der Waals surface area contributed by atoms with Crippen LogP contribution < -0.4 is 0 Å². The molecule has 2 atom stereocenters. The monoisotopic (exact) mass is 385 g/mol. The number of aliphatic imine (C=N–C) groups is 1. The first-order valence-corrected chi connectivity index (χ1v) is 10.6. The summed E-state index contributed by atoms with van der Waals surface area (Å²) in [4.78, 5) is 45.6. The number of nitrogens with zero attached hydrogens (tertiary/aromatic N) is 3. The van der Waals surface area contributed by atoms with E-state index in [4.69, 9.17) is 0 Å². The van der Waals surface area contributed by atoms with Crippen molar-refractivity contribution in [2.45, 2.75) is 32.1 Å². The molecule has 0 bridgehead atoms. The third-order valence-corrected chi connectivity index (χ3v) is 6.56. The predicted octanol–water partition coefficient (Wildman–Crippen LogP) is 2.81. The zero-order valence-corrected chi connectivity index (χ0v) is 16.0. The van der Waals surface area contributed by atoms with Gasteiger partial charge in [0.15, 0.2) is 5.17 Å². The molecule has 0 aromatic heterocycles. The summed E-state index contributed by atoms with van der Waals surface area (Å²) >= 11 is 1.54. The molecule has 4 rings (SSSR count). The molecule has 6 nitrogen and oxygen atoms in total. The van der Waals surface area contributed by atoms with Crippen molar-refractivity contribution in [2.24, 2.45) is 16.8 Å². The number of amidine groups is 1. The van der Waals surface area contributed by atoms with E-state index in [9.17, 15) is 14.4 Å². The highest BCUT2D eigenvalue weighted by Crippen LogP contribution is 2.38. The van der Waals surface area contributed by atoms with Crippen LogP contribution in [-0.2, 0) is 14.4 Å². The fraction of sp³-hybridized carbons (Fsp3) is 0.500. The molecule has 7 heteroatoms. The van der Waals surface area contributed by atoms with E-state index in [1.54, 1.807) is 16.7 Å². The number of para-hydroxylation sites is 1. The molecule has 3 amide bonds. The predicted molar refractivity (Wildman–Crippen MR) is 104 cm³/mol. The van der Waals surface area contributed by atoms with Gasteiger partial charge in [-0.15, -0.1) is 0 Å². The van der Waals surface area contributed by atoms with Gasteiger partial charge in [0.25, 0.3) is 0 Å². The Morgan fingerprint density at radius 3 is 2.37 bits per heavy atom. The number of fused-ring (bicyclic) bond motifs is 1. The highest BCUT2D eigenvalue weighted by atomic mass is 32.2. The van der Waals surface area contributed by atoms with Gasteiger partial charge >= 0.3 is 0 Å². The van der Waals surface area contributed by atoms with Crippen molar-refractivity contribution in [1.82, 2.24) is 9.80 Å². The average Bonchev–Trinajstić information content (AvgIpc) is 2.94. The Morgan fingerprint density at radius 1 is 1.04 bits per heavy atom. The van der Waals surface area contributed by atoms with Crippen LogP contribution >= 0.6 is 11.8 Å². The molecule has 2 saturated heterocycles. The van der Waals surface area contributed by atoms with Crippen LogP contribution in [0.3, 0.4) is 0 Å². The number of carbonyl (C=O) groups excluding carboxylic acids is 3. The van der Waals surface area contributed by atoms with E-state index in [2.05, 4.69) is 4.99 Å². The Morgan fingerprint density at radius 2 is 1.70 bits per heavy atom. The van der Waals surface area contributed by atoms with E-state index in [0.29, 0.717) is 11.7 Å². The number of hydrogen-bond donors (Lipinski definition) is 0. The van der Waals surface area contributed by atoms with Crippen LogP contribution in [0.15, 0.2) is 35.3 Å². The van der Waals surface area contributed by atoms with Crippen LogP contribution in [0.4, 0.5) is 5.69 Å². The highest BCUT2D eigenvalue weighted by molar-refractivity contribution is 8.13. The van der Waals surface area contributed by atoms with Gasteiger partial charge in [0.05, 0.1) is 17.5 Å². The Bertz CT molecular complexity index is 756. The lowest BCUT2D eigenvalue weighted by Gasteiger charge is -2.29. The Labute approximate surface area is 163 Å². The van der Waals surface area contributed by atoms with Gasteiger partial charge in [-0.05, 0) is 31.4 Å². The summed E-state index contributed by atoms with van der Waals surface area (Å²) in [7, 11) is 0. The van der Waals surface area contributed by atoms with Crippen molar-refractivity contribution < 1.29 is 14.4 Å². The lowest BCUT2D eigenvalue weighted by Crippen LogP contribution is -2.46. The summed E-state index contributed by atoms with van der Waals surface area (Å²) in [5.41, 5.74) is 0.791. The van der Waals surface area contributed by atoms with E-state index in [0.717, 1.165) is 43.5 Å². The lowest BCUT2D eigenvalue weighted by molar-refractivity contribution is -0.145. The quantitative estimate of drug-likeness (QED) is 0.750. The third-order valence-electron chi connectivity index (χ3n) is 5.50. The van der Waals surface area contributed by atoms with Crippen LogP contribution in [-0.4, -0.2) is 51.5 Å². The first kappa shape index (κ1) is 18.2. The summed E-state index contributed by atoms with van der Waals surface area (Å²) < 4.78 is 0. The maximum atomic E-state index is 12.9. The summed E-state index contributed by atoms with van der Waals surface area (Å²) in [6, 6.07) is 9.52. The smallest absolute Gasteiger partial charge is 0.248 e. The van der Waals surface area contributed by atoms with Gasteiger partial charge in [-0.25, -0.2) is 4.99 Å². The molecule has 2 heterocycles. The van der Waals surface area contributed by atoms with Gasteiger partial charge in [0.2, 0.25) is 17.7 Å². The minimum Gasteiger partial charge on any atom is -0.290 e. The minimum atomic E-state index is -0.225. The zero-order chi connectivity index (χ0) is 18.8. The van der Waals surface area contributed by atoms with E-state index < -0.39 is 0 Å². The Hall–Kier alpha value is -2.15. The molecule has 0 N–H and O–H groups in total. The summed E-state index contributed by atoms with van der Waals surface area (Å²) in [6.45, 7) is 0.402. The van der Waals surface area contributed by atoms with Crippen LogP contribution in [0.5, 0.6) is 0 Å². The number of imide groups is 1. The second-order valence-corrected chi connectivity index (χ2v) is 8.30. The summed E-state index contributed by atoms with van der Waals surface area (Å²) in [5, 5.41) is 0.647. The van der Waals surface area contributed by atoms with E-state index in [1.807, 2.05) is 30.3 Å². The van der Waals surface area contributed by atoms with Gasteiger partial charge in [0, 0.05) is 12.3 Å². The molecule has 1 aliphatic carbocycles. The van der Waals surface area contributed by atoms with Crippen molar-refractivity contribution in [3.63, 3.8) is 0 Å². The fourth-order valence-electron chi connectivity index (χ4n) is 4.10. The molecule has 0 radical (unpaired) electrons. The maximum Gasteiger partial charge on any atom is 0.248 e. The van der Waals surface area contributed by atoms with Gasteiger partial charge in [-0.2, -0.15) is 0 Å². The van der Waals surface area contributed by atoms with Crippen molar-refractivity contribution in [3.05, 3.63) is 30.3 Å². The van der Waals surface area contributed by atoms with E-state index >= 15 is 0 Å². The van der Waals surface area contributed by atoms with Crippen molar-refractivity contribution in [1.29, 1.82) is 0 Å². The van der Waals surface area contributed by atoms with Crippen molar-refractivity contribution >= 4 is 40.3 Å². The number of amides is 3. The highest BCUT2D eigenvalue weighted by Gasteiger charge is 2.48. The molecular weight excluding hydrogens is 362 g/mol. The number of hydrogen-bond acceptors (Lipinski definition) is 5. The molecule has 2 aliphatic heterocycles. The summed E-state index contributed by atoms with van der Waals surface area (Å²) in [5.74, 6) is -0.0773. The molecular formula is C20H23N3O3S. The number of carbonyl (C=O) groups is 3. The number of benzene rings is 1. The standard InChI is InChI=1S/C20H23N3O3S/c24-17(13-23-18(25)15-9-4-5-10-16(15)19(23)26)22-11-6-12-27-20(22)21-14-7-2-1-3-8-14/h1-3,7-8,15-16H,4-6,9-13H2/t15-,16-/m1/s1. The van der Waals surface area contributed by atoms with Crippen LogP contribution in [0.2, 0.25) is 0 Å².